The van der Waals surface area contributed by atoms with Gasteiger partial charge >= 0.3 is 5.97 Å². The summed E-state index contributed by atoms with van der Waals surface area (Å²) >= 11 is 0. The fourth-order valence-electron chi connectivity index (χ4n) is 3.95. The Balaban J connectivity index is 1.42. The molecule has 0 aliphatic carbocycles. The summed E-state index contributed by atoms with van der Waals surface area (Å²) in [7, 11) is 0. The van der Waals surface area contributed by atoms with E-state index in [2.05, 4.69) is 10.1 Å². The van der Waals surface area contributed by atoms with Crippen LogP contribution in [0.2, 0.25) is 0 Å². The second kappa shape index (κ2) is 9.34. The molecule has 1 aliphatic heterocycles. The molecule has 1 aromatic heterocycles. The molecule has 2 heterocycles. The number of benzene rings is 2. The summed E-state index contributed by atoms with van der Waals surface area (Å²) in [6.07, 6.45) is 0.0785. The average molecular weight is 425 g/mol. The smallest absolute Gasteiger partial charge is 0.312 e. The maximum absolute atomic E-state index is 11.9. The third-order valence-corrected chi connectivity index (χ3v) is 5.61. The van der Waals surface area contributed by atoms with E-state index in [1.807, 2.05) is 35.2 Å². The van der Waals surface area contributed by atoms with Crippen LogP contribution in [-0.2, 0) is 20.7 Å². The number of amides is 1. The summed E-state index contributed by atoms with van der Waals surface area (Å²) in [5, 5.41) is 6.86. The van der Waals surface area contributed by atoms with Gasteiger partial charge in [0.2, 0.25) is 5.91 Å². The van der Waals surface area contributed by atoms with Crippen LogP contribution in [0.15, 0.2) is 34.9 Å². The quantitative estimate of drug-likeness (QED) is 0.538. The molecular weight excluding hydrogens is 398 g/mol. The molecule has 0 unspecified atom stereocenters. The summed E-state index contributed by atoms with van der Waals surface area (Å²) in [6, 6.07) is 9.72. The molecule has 1 aliphatic rings. The summed E-state index contributed by atoms with van der Waals surface area (Å²) in [5.74, 6) is 0.607. The maximum atomic E-state index is 11.9. The highest BCUT2D eigenvalue weighted by Crippen LogP contribution is 2.31. The number of rotatable bonds is 7. The van der Waals surface area contributed by atoms with Crippen molar-refractivity contribution in [3.63, 3.8) is 0 Å². The average Bonchev–Trinajstić information content (AvgIpc) is 3.17. The Kier molecular flexibility index (Phi) is 6.36. The zero-order valence-corrected chi connectivity index (χ0v) is 17.9. The minimum Gasteiger partial charge on any atom is -0.492 e. The highest BCUT2D eigenvalue weighted by atomic mass is 16.5. The van der Waals surface area contributed by atoms with Crippen molar-refractivity contribution in [1.29, 1.82) is 0 Å². The third kappa shape index (κ3) is 4.80. The van der Waals surface area contributed by atoms with Crippen molar-refractivity contribution in [2.45, 2.75) is 20.3 Å². The van der Waals surface area contributed by atoms with E-state index >= 15 is 0 Å². The molecule has 0 spiro atoms. The van der Waals surface area contributed by atoms with Crippen molar-refractivity contribution in [3.05, 3.63) is 36.0 Å². The van der Waals surface area contributed by atoms with E-state index in [4.69, 9.17) is 14.0 Å². The van der Waals surface area contributed by atoms with Gasteiger partial charge in [0.15, 0.2) is 5.58 Å². The topological polar surface area (TPSA) is 85.1 Å². The molecule has 4 rings (SSSR count). The van der Waals surface area contributed by atoms with E-state index in [1.54, 1.807) is 13.8 Å². The van der Waals surface area contributed by atoms with Crippen LogP contribution in [0.5, 0.6) is 5.75 Å². The summed E-state index contributed by atoms with van der Waals surface area (Å²) < 4.78 is 16.4. The first-order valence-electron chi connectivity index (χ1n) is 10.6. The Labute approximate surface area is 180 Å². The van der Waals surface area contributed by atoms with Gasteiger partial charge in [0.25, 0.3) is 0 Å². The summed E-state index contributed by atoms with van der Waals surface area (Å²) in [6.45, 7) is 8.41. The molecule has 0 atom stereocenters. The molecule has 8 nitrogen and oxygen atoms in total. The van der Waals surface area contributed by atoms with Crippen LogP contribution < -0.4 is 4.74 Å². The predicted molar refractivity (Wildman–Crippen MR) is 116 cm³/mol. The SMILES string of the molecule is CCOC(=O)Cc1noc2ccc3cc(OCCN4CCN(C(C)=O)CC4)ccc3c12. The van der Waals surface area contributed by atoms with E-state index in [0.717, 1.165) is 54.6 Å². The molecule has 2 aromatic carbocycles. The van der Waals surface area contributed by atoms with Crippen molar-refractivity contribution in [2.75, 3.05) is 45.9 Å². The van der Waals surface area contributed by atoms with Crippen molar-refractivity contribution < 1.29 is 23.6 Å². The van der Waals surface area contributed by atoms with Gasteiger partial charge < -0.3 is 18.9 Å². The largest absolute Gasteiger partial charge is 0.492 e. The van der Waals surface area contributed by atoms with Gasteiger partial charge in [-0.25, -0.2) is 0 Å². The molecule has 0 N–H and O–H groups in total. The normalized spacial score (nSPS) is 14.8. The lowest BCUT2D eigenvalue weighted by atomic mass is 10.0. The Morgan fingerprint density at radius 3 is 2.68 bits per heavy atom. The van der Waals surface area contributed by atoms with E-state index in [0.29, 0.717) is 24.5 Å². The van der Waals surface area contributed by atoms with Crippen molar-refractivity contribution >= 4 is 33.6 Å². The van der Waals surface area contributed by atoms with E-state index in [1.165, 1.54) is 0 Å². The monoisotopic (exact) mass is 425 g/mol. The van der Waals surface area contributed by atoms with Crippen LogP contribution >= 0.6 is 0 Å². The number of nitrogens with zero attached hydrogens (tertiary/aromatic N) is 3. The van der Waals surface area contributed by atoms with Crippen LogP contribution in [0.3, 0.4) is 0 Å². The van der Waals surface area contributed by atoms with Crippen LogP contribution in [0.4, 0.5) is 0 Å². The molecule has 1 amide bonds. The molecule has 3 aromatic rings. The predicted octanol–water partition coefficient (Wildman–Crippen LogP) is 2.63. The van der Waals surface area contributed by atoms with E-state index < -0.39 is 0 Å². The number of esters is 1. The standard InChI is InChI=1S/C23H27N3O5/c1-3-29-22(28)15-20-23-19-6-5-18(14-17(19)4-7-21(23)31-24-20)30-13-12-25-8-10-26(11-9-25)16(2)27/h4-7,14H,3,8-13,15H2,1-2H3. The molecule has 31 heavy (non-hydrogen) atoms. The fourth-order valence-corrected chi connectivity index (χ4v) is 3.95. The molecule has 0 saturated carbocycles. The van der Waals surface area contributed by atoms with Crippen molar-refractivity contribution in [1.82, 2.24) is 15.0 Å². The highest BCUT2D eigenvalue weighted by molar-refractivity contribution is 6.07. The van der Waals surface area contributed by atoms with Gasteiger partial charge in [0.05, 0.1) is 18.4 Å². The van der Waals surface area contributed by atoms with E-state index in [9.17, 15) is 9.59 Å². The number of carbonyl (C=O) groups is 2. The Bertz CT molecular complexity index is 1090. The number of carbonyl (C=O) groups excluding carboxylic acids is 2. The molecule has 0 radical (unpaired) electrons. The number of ether oxygens (including phenoxy) is 2. The van der Waals surface area contributed by atoms with Crippen molar-refractivity contribution in [3.8, 4) is 5.75 Å². The minimum absolute atomic E-state index is 0.0785. The van der Waals surface area contributed by atoms with Gasteiger partial charge in [-0.05, 0) is 42.0 Å². The summed E-state index contributed by atoms with van der Waals surface area (Å²) in [5.41, 5.74) is 1.22. The third-order valence-electron chi connectivity index (χ3n) is 5.61. The first-order chi connectivity index (χ1) is 15.0. The van der Waals surface area contributed by atoms with Gasteiger partial charge in [0, 0.05) is 39.6 Å². The van der Waals surface area contributed by atoms with Gasteiger partial charge in [-0.15, -0.1) is 0 Å². The number of fused-ring (bicyclic) bond motifs is 3. The Morgan fingerprint density at radius 2 is 1.94 bits per heavy atom. The molecule has 0 bridgehead atoms. The van der Waals surface area contributed by atoms with Crippen LogP contribution in [0.1, 0.15) is 19.5 Å². The summed E-state index contributed by atoms with van der Waals surface area (Å²) in [4.78, 5) is 27.5. The Hall–Kier alpha value is -3.13. The van der Waals surface area contributed by atoms with Crippen LogP contribution in [-0.4, -0.2) is 72.8 Å². The number of hydrogen-bond acceptors (Lipinski definition) is 7. The number of aromatic nitrogens is 1. The lowest BCUT2D eigenvalue weighted by molar-refractivity contribution is -0.142. The second-order valence-corrected chi connectivity index (χ2v) is 7.63. The molecule has 8 heteroatoms. The van der Waals surface area contributed by atoms with Gasteiger partial charge in [0.1, 0.15) is 18.1 Å². The van der Waals surface area contributed by atoms with Crippen molar-refractivity contribution in [2.24, 2.45) is 0 Å². The first-order valence-corrected chi connectivity index (χ1v) is 10.6. The van der Waals surface area contributed by atoms with Gasteiger partial charge in [-0.3, -0.25) is 14.5 Å². The van der Waals surface area contributed by atoms with Gasteiger partial charge in [-0.1, -0.05) is 11.2 Å². The second-order valence-electron chi connectivity index (χ2n) is 7.63. The lowest BCUT2D eigenvalue weighted by Gasteiger charge is -2.34. The highest BCUT2D eigenvalue weighted by Gasteiger charge is 2.19. The zero-order chi connectivity index (χ0) is 21.8. The lowest BCUT2D eigenvalue weighted by Crippen LogP contribution is -2.48. The number of hydrogen-bond donors (Lipinski definition) is 0. The number of piperazine rings is 1. The fraction of sp³-hybridized carbons (Fsp3) is 0.435. The first kappa shape index (κ1) is 21.1. The van der Waals surface area contributed by atoms with E-state index in [-0.39, 0.29) is 18.3 Å². The maximum Gasteiger partial charge on any atom is 0.312 e. The Morgan fingerprint density at radius 1 is 1.13 bits per heavy atom. The zero-order valence-electron chi connectivity index (χ0n) is 17.9. The van der Waals surface area contributed by atoms with Gasteiger partial charge in [-0.2, -0.15) is 0 Å². The molecule has 1 fully saturated rings. The van der Waals surface area contributed by atoms with Crippen LogP contribution in [0.25, 0.3) is 21.7 Å². The molecule has 1 saturated heterocycles. The van der Waals surface area contributed by atoms with Crippen LogP contribution in [0, 0.1) is 0 Å². The minimum atomic E-state index is -0.321. The molecule has 164 valence electrons. The molecular formula is C23H27N3O5.